The van der Waals surface area contributed by atoms with Crippen LogP contribution in [0.2, 0.25) is 0 Å². The van der Waals surface area contributed by atoms with Gasteiger partial charge in [-0.2, -0.15) is 5.10 Å². The lowest BCUT2D eigenvalue weighted by molar-refractivity contribution is 0.0460. The summed E-state index contributed by atoms with van der Waals surface area (Å²) in [5.41, 5.74) is 3.07. The van der Waals surface area contributed by atoms with Gasteiger partial charge in [0.15, 0.2) is 11.5 Å². The van der Waals surface area contributed by atoms with Crippen LogP contribution >= 0.6 is 0 Å². The Kier molecular flexibility index (Phi) is 4.33. The Morgan fingerprint density at radius 3 is 2.63 bits per heavy atom. The molecule has 136 valence electrons. The van der Waals surface area contributed by atoms with E-state index in [9.17, 15) is 4.79 Å². The number of carbonyl (C=O) groups is 1. The molecule has 0 aliphatic rings. The number of esters is 1. The van der Waals surface area contributed by atoms with E-state index in [0.29, 0.717) is 28.6 Å². The lowest BCUT2D eigenvalue weighted by atomic mass is 10.2. The van der Waals surface area contributed by atoms with Crippen molar-refractivity contribution in [1.82, 2.24) is 14.9 Å². The molecule has 0 aliphatic heterocycles. The molecule has 0 fully saturated rings. The fourth-order valence-corrected chi connectivity index (χ4v) is 2.76. The molecule has 0 aliphatic carbocycles. The van der Waals surface area contributed by atoms with Crippen molar-refractivity contribution < 1.29 is 18.5 Å². The van der Waals surface area contributed by atoms with Gasteiger partial charge >= 0.3 is 5.97 Å². The van der Waals surface area contributed by atoms with Gasteiger partial charge in [-0.3, -0.25) is 0 Å². The topological polar surface area (TPSA) is 83.3 Å². The van der Waals surface area contributed by atoms with E-state index in [0.717, 1.165) is 11.3 Å². The summed E-state index contributed by atoms with van der Waals surface area (Å²) in [7, 11) is 0. The van der Waals surface area contributed by atoms with Gasteiger partial charge in [0, 0.05) is 6.07 Å². The van der Waals surface area contributed by atoms with Crippen LogP contribution < -0.4 is 0 Å². The number of aromatic nitrogens is 3. The average molecular weight is 363 g/mol. The van der Waals surface area contributed by atoms with E-state index in [1.54, 1.807) is 36.1 Å². The van der Waals surface area contributed by atoms with Crippen LogP contribution in [0, 0.1) is 13.8 Å². The number of benzene rings is 1. The first-order valence-corrected chi connectivity index (χ1v) is 8.41. The van der Waals surface area contributed by atoms with E-state index < -0.39 is 5.97 Å². The highest BCUT2D eigenvalue weighted by atomic mass is 16.5. The summed E-state index contributed by atoms with van der Waals surface area (Å²) in [4.78, 5) is 12.8. The minimum Gasteiger partial charge on any atom is -0.463 e. The Labute approximate surface area is 155 Å². The highest BCUT2D eigenvalue weighted by molar-refractivity contribution is 5.89. The minimum atomic E-state index is -0.496. The molecule has 0 atom stereocenters. The van der Waals surface area contributed by atoms with Crippen LogP contribution in [0.1, 0.15) is 27.5 Å². The van der Waals surface area contributed by atoms with Crippen LogP contribution in [0.3, 0.4) is 0 Å². The molecule has 0 saturated heterocycles. The number of hydrogen-bond acceptors (Lipinski definition) is 6. The van der Waals surface area contributed by atoms with Crippen molar-refractivity contribution in [3.05, 3.63) is 77.5 Å². The molecule has 3 aromatic heterocycles. The molecule has 7 heteroatoms. The predicted molar refractivity (Wildman–Crippen MR) is 96.4 cm³/mol. The Balaban J connectivity index is 1.67. The number of carbonyl (C=O) groups excluding carboxylic acids is 1. The zero-order valence-corrected chi connectivity index (χ0v) is 14.9. The normalized spacial score (nSPS) is 10.9. The molecule has 27 heavy (non-hydrogen) atoms. The quantitative estimate of drug-likeness (QED) is 0.497. The molecule has 1 aromatic carbocycles. The lowest BCUT2D eigenvalue weighted by Crippen LogP contribution is -2.12. The molecular weight excluding hydrogens is 346 g/mol. The molecule has 0 N–H and O–H groups in total. The Bertz CT molecular complexity index is 1040. The smallest absolute Gasteiger partial charge is 0.357 e. The molecule has 0 unspecified atom stereocenters. The van der Waals surface area contributed by atoms with Crippen LogP contribution in [-0.2, 0) is 11.3 Å². The molecule has 0 radical (unpaired) electrons. The van der Waals surface area contributed by atoms with Gasteiger partial charge in [0.1, 0.15) is 18.1 Å². The van der Waals surface area contributed by atoms with Crippen molar-refractivity contribution in [2.75, 3.05) is 0 Å². The van der Waals surface area contributed by atoms with Gasteiger partial charge < -0.3 is 13.7 Å². The van der Waals surface area contributed by atoms with Crippen molar-refractivity contribution in [3.63, 3.8) is 0 Å². The first-order valence-electron chi connectivity index (χ1n) is 8.41. The van der Waals surface area contributed by atoms with Gasteiger partial charge in [-0.15, -0.1) is 0 Å². The maximum atomic E-state index is 12.8. The molecule has 7 nitrogen and oxygen atoms in total. The largest absolute Gasteiger partial charge is 0.463 e. The maximum Gasteiger partial charge on any atom is 0.357 e. The number of furan rings is 1. The molecule has 4 rings (SSSR count). The summed E-state index contributed by atoms with van der Waals surface area (Å²) < 4.78 is 17.6. The number of aryl methyl sites for hydroxylation is 2. The Morgan fingerprint density at radius 1 is 1.15 bits per heavy atom. The van der Waals surface area contributed by atoms with Crippen LogP contribution in [0.25, 0.3) is 17.1 Å². The fourth-order valence-electron chi connectivity index (χ4n) is 2.76. The van der Waals surface area contributed by atoms with Crippen molar-refractivity contribution in [3.8, 4) is 17.1 Å². The third-order valence-electron chi connectivity index (χ3n) is 4.22. The Hall–Kier alpha value is -3.61. The van der Waals surface area contributed by atoms with Crippen LogP contribution in [0.15, 0.2) is 63.7 Å². The average Bonchev–Trinajstić information content (AvgIpc) is 3.41. The summed E-state index contributed by atoms with van der Waals surface area (Å²) in [6.07, 6.45) is 1.56. The second kappa shape index (κ2) is 6.95. The maximum absolute atomic E-state index is 12.8. The first-order chi connectivity index (χ1) is 13.1. The van der Waals surface area contributed by atoms with Crippen molar-refractivity contribution in [2.24, 2.45) is 0 Å². The molecule has 3 heterocycles. The highest BCUT2D eigenvalue weighted by Crippen LogP contribution is 2.23. The first kappa shape index (κ1) is 16.8. The number of nitrogens with zero attached hydrogens (tertiary/aromatic N) is 3. The molecular formula is C20H17N3O4. The van der Waals surface area contributed by atoms with Crippen LogP contribution in [0.5, 0.6) is 0 Å². The van der Waals surface area contributed by atoms with Gasteiger partial charge in [-0.05, 0) is 38.1 Å². The van der Waals surface area contributed by atoms with Crippen molar-refractivity contribution in [1.29, 1.82) is 0 Å². The van der Waals surface area contributed by atoms with Gasteiger partial charge in [-0.1, -0.05) is 23.4 Å². The number of rotatable bonds is 5. The third-order valence-corrected chi connectivity index (χ3v) is 4.22. The van der Waals surface area contributed by atoms with Crippen LogP contribution in [-0.4, -0.2) is 20.9 Å². The SMILES string of the molecule is Cc1noc(C)c1COC(=O)c1cc(-c2ccco2)nn1-c1ccccc1. The second-order valence-electron chi connectivity index (χ2n) is 6.02. The predicted octanol–water partition coefficient (Wildman–Crippen LogP) is 4.09. The van der Waals surface area contributed by atoms with E-state index in [2.05, 4.69) is 10.3 Å². The summed E-state index contributed by atoms with van der Waals surface area (Å²) in [5.74, 6) is 0.710. The summed E-state index contributed by atoms with van der Waals surface area (Å²) in [6.45, 7) is 3.67. The number of para-hydroxylation sites is 1. The summed E-state index contributed by atoms with van der Waals surface area (Å²) >= 11 is 0. The van der Waals surface area contributed by atoms with Crippen molar-refractivity contribution in [2.45, 2.75) is 20.5 Å². The van der Waals surface area contributed by atoms with Gasteiger partial charge in [-0.25, -0.2) is 9.48 Å². The summed E-state index contributed by atoms with van der Waals surface area (Å²) in [6, 6.07) is 14.6. The van der Waals surface area contributed by atoms with Crippen molar-refractivity contribution >= 4 is 5.97 Å². The molecule has 0 amide bonds. The fraction of sp³-hybridized carbons (Fsp3) is 0.150. The standard InChI is InChI=1S/C20H17N3O4/c1-13-16(14(2)27-22-13)12-26-20(24)18-11-17(19-9-6-10-25-19)21-23(18)15-7-4-3-5-8-15/h3-11H,12H2,1-2H3. The zero-order chi connectivity index (χ0) is 18.8. The molecule has 4 aromatic rings. The molecule has 0 spiro atoms. The van der Waals surface area contributed by atoms with Gasteiger partial charge in [0.05, 0.1) is 23.2 Å². The second-order valence-corrected chi connectivity index (χ2v) is 6.02. The monoisotopic (exact) mass is 363 g/mol. The highest BCUT2D eigenvalue weighted by Gasteiger charge is 2.21. The number of hydrogen-bond donors (Lipinski definition) is 0. The third kappa shape index (κ3) is 3.27. The van der Waals surface area contributed by atoms with E-state index in [1.807, 2.05) is 37.3 Å². The van der Waals surface area contributed by atoms with Gasteiger partial charge in [0.2, 0.25) is 0 Å². The summed E-state index contributed by atoms with van der Waals surface area (Å²) in [5, 5.41) is 8.39. The van der Waals surface area contributed by atoms with E-state index in [1.165, 1.54) is 0 Å². The zero-order valence-electron chi connectivity index (χ0n) is 14.9. The number of ether oxygens (including phenoxy) is 1. The van der Waals surface area contributed by atoms with Crippen LogP contribution in [0.4, 0.5) is 0 Å². The van der Waals surface area contributed by atoms with E-state index >= 15 is 0 Å². The molecule has 0 saturated carbocycles. The lowest BCUT2D eigenvalue weighted by Gasteiger charge is -2.07. The van der Waals surface area contributed by atoms with E-state index in [4.69, 9.17) is 13.7 Å². The molecule has 0 bridgehead atoms. The Morgan fingerprint density at radius 2 is 1.96 bits per heavy atom. The van der Waals surface area contributed by atoms with Gasteiger partial charge in [0.25, 0.3) is 0 Å². The minimum absolute atomic E-state index is 0.0794. The van der Waals surface area contributed by atoms with E-state index in [-0.39, 0.29) is 6.61 Å².